The average Bonchev–Trinajstić information content (AvgIpc) is 3.27. The van der Waals surface area contributed by atoms with Gasteiger partial charge in [-0.3, -0.25) is 0 Å². The van der Waals surface area contributed by atoms with Crippen molar-refractivity contribution in [2.24, 2.45) is 0 Å². The number of rotatable bonds is 8. The van der Waals surface area contributed by atoms with Crippen molar-refractivity contribution in [2.75, 3.05) is 24.7 Å². The average molecular weight is 439 g/mol. The van der Waals surface area contributed by atoms with Crippen LogP contribution in [0, 0.1) is 0 Å². The van der Waals surface area contributed by atoms with Gasteiger partial charge in [0.25, 0.3) is 0 Å². The van der Waals surface area contributed by atoms with Crippen LogP contribution in [0.1, 0.15) is 6.92 Å². The number of carbonyl (C=O) groups is 2. The Morgan fingerprint density at radius 3 is 1.80 bits per heavy atom. The number of hydrogen-bond acceptors (Lipinski definition) is 9. The van der Waals surface area contributed by atoms with Gasteiger partial charge in [-0.2, -0.15) is 12.6 Å². The van der Waals surface area contributed by atoms with E-state index in [1.54, 1.807) is 0 Å². The van der Waals surface area contributed by atoms with Crippen molar-refractivity contribution in [3.63, 3.8) is 0 Å². The molecule has 140 valence electrons. The SMILES string of the molecule is C=CC(=O)OCC1CSC(C(C)(S)C2SCC(COC(=O)C=C)S2)S1. The zero-order valence-corrected chi connectivity index (χ0v) is 18.1. The van der Waals surface area contributed by atoms with E-state index in [0.717, 1.165) is 11.5 Å². The van der Waals surface area contributed by atoms with Crippen LogP contribution in [0.15, 0.2) is 25.3 Å². The largest absolute Gasteiger partial charge is 0.461 e. The first-order chi connectivity index (χ1) is 11.9. The smallest absolute Gasteiger partial charge is 0.330 e. The highest BCUT2D eigenvalue weighted by Gasteiger charge is 2.47. The van der Waals surface area contributed by atoms with Crippen LogP contribution in [0.25, 0.3) is 0 Å². The molecule has 2 rings (SSSR count). The van der Waals surface area contributed by atoms with Crippen molar-refractivity contribution in [3.05, 3.63) is 25.3 Å². The fourth-order valence-electron chi connectivity index (χ4n) is 2.26. The summed E-state index contributed by atoms with van der Waals surface area (Å²) >= 11 is 12.4. The summed E-state index contributed by atoms with van der Waals surface area (Å²) in [6.45, 7) is 9.81. The fourth-order valence-corrected chi connectivity index (χ4v) is 10.3. The molecule has 4 atom stereocenters. The Morgan fingerprint density at radius 2 is 1.44 bits per heavy atom. The van der Waals surface area contributed by atoms with Gasteiger partial charge in [0.1, 0.15) is 13.2 Å². The molecule has 2 heterocycles. The second-order valence-corrected chi connectivity index (χ2v) is 12.4. The van der Waals surface area contributed by atoms with E-state index in [1.807, 2.05) is 47.0 Å². The Bertz CT molecular complexity index is 481. The molecule has 4 unspecified atom stereocenters. The lowest BCUT2D eigenvalue weighted by atomic mass is 10.2. The van der Waals surface area contributed by atoms with E-state index in [1.165, 1.54) is 12.2 Å². The van der Waals surface area contributed by atoms with Crippen molar-refractivity contribution in [3.8, 4) is 0 Å². The number of thiol groups is 1. The van der Waals surface area contributed by atoms with E-state index in [0.29, 0.717) is 22.4 Å². The molecule has 4 nitrogen and oxygen atoms in total. The number of esters is 2. The van der Waals surface area contributed by atoms with Gasteiger partial charge in [-0.15, -0.1) is 47.0 Å². The summed E-state index contributed by atoms with van der Waals surface area (Å²) in [7, 11) is 0. The van der Waals surface area contributed by atoms with E-state index in [-0.39, 0.29) is 27.2 Å². The lowest BCUT2D eigenvalue weighted by molar-refractivity contribution is -0.138. The van der Waals surface area contributed by atoms with Gasteiger partial charge >= 0.3 is 11.9 Å². The Labute approximate surface area is 171 Å². The van der Waals surface area contributed by atoms with Crippen LogP contribution in [0.3, 0.4) is 0 Å². The lowest BCUT2D eigenvalue weighted by Crippen LogP contribution is -2.36. The zero-order chi connectivity index (χ0) is 18.4. The van der Waals surface area contributed by atoms with Crippen molar-refractivity contribution >= 4 is 71.6 Å². The maximum absolute atomic E-state index is 11.2. The van der Waals surface area contributed by atoms with Gasteiger partial charge in [0.05, 0.1) is 13.9 Å². The molecular formula is C16H22O4S5. The molecule has 25 heavy (non-hydrogen) atoms. The molecule has 2 saturated heterocycles. The van der Waals surface area contributed by atoms with Gasteiger partial charge in [-0.05, 0) is 6.92 Å². The van der Waals surface area contributed by atoms with E-state index < -0.39 is 0 Å². The molecule has 9 heteroatoms. The minimum absolute atomic E-state index is 0.181. The summed E-state index contributed by atoms with van der Waals surface area (Å²) in [6.07, 6.45) is 2.39. The summed E-state index contributed by atoms with van der Waals surface area (Å²) in [5.41, 5.74) is 0. The van der Waals surface area contributed by atoms with Crippen LogP contribution >= 0.6 is 59.7 Å². The standard InChI is InChI=1S/C16H22O4S5/c1-4-12(17)19-6-10-8-22-14(24-10)16(3,21)15-23-9-11(25-15)7-20-13(18)5-2/h4-5,10-11,14-15,21H,1-2,6-9H2,3H3. The van der Waals surface area contributed by atoms with E-state index in [9.17, 15) is 9.59 Å². The topological polar surface area (TPSA) is 52.6 Å². The van der Waals surface area contributed by atoms with Gasteiger partial charge < -0.3 is 9.47 Å². The first-order valence-corrected chi connectivity index (χ1v) is 12.1. The van der Waals surface area contributed by atoms with Crippen LogP contribution in [-0.4, -0.2) is 61.1 Å². The van der Waals surface area contributed by atoms with Crippen molar-refractivity contribution < 1.29 is 19.1 Å². The maximum Gasteiger partial charge on any atom is 0.330 e. The minimum Gasteiger partial charge on any atom is -0.461 e. The van der Waals surface area contributed by atoms with Crippen LogP contribution in [-0.2, 0) is 19.1 Å². The molecule has 0 amide bonds. The van der Waals surface area contributed by atoms with Crippen molar-refractivity contribution in [1.82, 2.24) is 0 Å². The van der Waals surface area contributed by atoms with Crippen molar-refractivity contribution in [1.29, 1.82) is 0 Å². The Morgan fingerprint density at radius 1 is 1.04 bits per heavy atom. The second-order valence-electron chi connectivity index (χ2n) is 5.74. The van der Waals surface area contributed by atoms with Crippen LogP contribution in [0.5, 0.6) is 0 Å². The Hall–Kier alpha value is 0.170. The highest BCUT2D eigenvalue weighted by atomic mass is 32.2. The predicted molar refractivity (Wildman–Crippen MR) is 115 cm³/mol. The molecule has 0 saturated carbocycles. The summed E-state index contributed by atoms with van der Waals surface area (Å²) in [5.74, 6) is 1.14. The molecular weight excluding hydrogens is 417 g/mol. The van der Waals surface area contributed by atoms with Crippen LogP contribution < -0.4 is 0 Å². The summed E-state index contributed by atoms with van der Waals surface area (Å²) in [6, 6.07) is 0. The molecule has 2 fully saturated rings. The molecule has 0 bridgehead atoms. The van der Waals surface area contributed by atoms with Gasteiger partial charge in [0.2, 0.25) is 0 Å². The van der Waals surface area contributed by atoms with Gasteiger partial charge in [0, 0.05) is 34.2 Å². The maximum atomic E-state index is 11.2. The monoisotopic (exact) mass is 438 g/mol. The second kappa shape index (κ2) is 9.92. The van der Waals surface area contributed by atoms with Gasteiger partial charge in [0.15, 0.2) is 0 Å². The van der Waals surface area contributed by atoms with Crippen LogP contribution in [0.4, 0.5) is 0 Å². The normalized spacial score (nSPS) is 31.1. The minimum atomic E-state index is -0.374. The first-order valence-electron chi connectivity index (χ1n) is 7.71. The number of thioether (sulfide) groups is 4. The third-order valence-corrected chi connectivity index (χ3v) is 12.4. The zero-order valence-electron chi connectivity index (χ0n) is 13.9. The number of ether oxygens (including phenoxy) is 2. The highest BCUT2D eigenvalue weighted by Crippen LogP contribution is 2.55. The fraction of sp³-hybridized carbons (Fsp3) is 0.625. The Balaban J connectivity index is 1.81. The lowest BCUT2D eigenvalue weighted by Gasteiger charge is -2.34. The quantitative estimate of drug-likeness (QED) is 0.351. The van der Waals surface area contributed by atoms with Crippen LogP contribution in [0.2, 0.25) is 0 Å². The molecule has 0 spiro atoms. The van der Waals surface area contributed by atoms with Crippen molar-refractivity contribution in [2.45, 2.75) is 31.3 Å². The summed E-state index contributed by atoms with van der Waals surface area (Å²) in [5, 5.41) is 0.567. The number of hydrogen-bond donors (Lipinski definition) is 1. The molecule has 0 aromatic heterocycles. The number of carbonyl (C=O) groups excluding carboxylic acids is 2. The molecule has 0 aliphatic carbocycles. The predicted octanol–water partition coefficient (Wildman–Crippen LogP) is 3.48. The Kier molecular flexibility index (Phi) is 8.52. The third kappa shape index (κ3) is 6.09. The molecule has 2 aliphatic rings. The molecule has 0 aromatic carbocycles. The van der Waals surface area contributed by atoms with E-state index >= 15 is 0 Å². The highest BCUT2D eigenvalue weighted by molar-refractivity contribution is 8.23. The summed E-state index contributed by atoms with van der Waals surface area (Å²) in [4.78, 5) is 22.4. The summed E-state index contributed by atoms with van der Waals surface area (Å²) < 4.78 is 10.8. The molecule has 0 N–H and O–H groups in total. The van der Waals surface area contributed by atoms with Gasteiger partial charge in [-0.1, -0.05) is 13.2 Å². The molecule has 0 aromatic rings. The molecule has 2 aliphatic heterocycles. The van der Waals surface area contributed by atoms with E-state index in [2.05, 4.69) is 20.1 Å². The molecule has 0 radical (unpaired) electrons. The first kappa shape index (κ1) is 21.5. The van der Waals surface area contributed by atoms with Gasteiger partial charge in [-0.25, -0.2) is 9.59 Å². The van der Waals surface area contributed by atoms with E-state index in [4.69, 9.17) is 22.1 Å². The third-order valence-electron chi connectivity index (χ3n) is 3.61.